The summed E-state index contributed by atoms with van der Waals surface area (Å²) in [6.45, 7) is 0.495. The molecule has 0 aliphatic carbocycles. The largest absolute Gasteiger partial charge is 0.218 e. The van der Waals surface area contributed by atoms with Gasteiger partial charge in [0.25, 0.3) is 0 Å². The molecule has 2 bridgehead atoms. The van der Waals surface area contributed by atoms with Crippen molar-refractivity contribution in [3.8, 4) is 0 Å². The van der Waals surface area contributed by atoms with Crippen LogP contribution in [0, 0.1) is 11.6 Å². The lowest BCUT2D eigenvalue weighted by Crippen LogP contribution is -2.39. The summed E-state index contributed by atoms with van der Waals surface area (Å²) in [6, 6.07) is 2.93. The Morgan fingerprint density at radius 2 is 2.16 bits per heavy atom. The summed E-state index contributed by atoms with van der Waals surface area (Å²) in [7, 11) is -3.57. The van der Waals surface area contributed by atoms with Gasteiger partial charge in [-0.2, -0.15) is 16.1 Å². The lowest BCUT2D eigenvalue weighted by Gasteiger charge is -2.25. The molecule has 2 heterocycles. The molecule has 0 spiro atoms. The first kappa shape index (κ1) is 13.3. The van der Waals surface area contributed by atoms with Crippen LogP contribution in [0.2, 0.25) is 0 Å². The number of halogens is 2. The van der Waals surface area contributed by atoms with Crippen molar-refractivity contribution in [2.24, 2.45) is 0 Å². The van der Waals surface area contributed by atoms with E-state index >= 15 is 0 Å². The minimum Gasteiger partial charge on any atom is -0.212 e. The van der Waals surface area contributed by atoms with Crippen LogP contribution in [0.1, 0.15) is 12.0 Å². The van der Waals surface area contributed by atoms with Crippen LogP contribution in [0.15, 0.2) is 18.2 Å². The number of nitrogens with zero attached hydrogens (tertiary/aromatic N) is 1. The van der Waals surface area contributed by atoms with E-state index in [4.69, 9.17) is 0 Å². The minimum absolute atomic E-state index is 0.0246. The molecule has 2 atom stereocenters. The van der Waals surface area contributed by atoms with Crippen LogP contribution >= 0.6 is 11.8 Å². The van der Waals surface area contributed by atoms with Crippen molar-refractivity contribution in [3.63, 3.8) is 0 Å². The number of hydrogen-bond acceptors (Lipinski definition) is 3. The standard InChI is InChI=1S/C12H13F2NO2S2/c13-9-1-2-12(14)8(3-9)7-19(16,17)15-5-11-4-10(15)6-18-11/h1-3,10-11H,4-7H2. The van der Waals surface area contributed by atoms with Gasteiger partial charge in [0.05, 0.1) is 5.75 Å². The smallest absolute Gasteiger partial charge is 0.212 e. The van der Waals surface area contributed by atoms with E-state index in [0.717, 1.165) is 30.4 Å². The van der Waals surface area contributed by atoms with Crippen molar-refractivity contribution in [1.29, 1.82) is 0 Å². The molecule has 1 aromatic rings. The van der Waals surface area contributed by atoms with Gasteiger partial charge in [-0.1, -0.05) is 0 Å². The Balaban J connectivity index is 1.84. The van der Waals surface area contributed by atoms with E-state index in [-0.39, 0.29) is 11.6 Å². The van der Waals surface area contributed by atoms with Crippen molar-refractivity contribution >= 4 is 21.8 Å². The second kappa shape index (κ2) is 4.71. The molecule has 104 valence electrons. The highest BCUT2D eigenvalue weighted by Crippen LogP contribution is 2.39. The normalized spacial score (nSPS) is 27.1. The summed E-state index contributed by atoms with van der Waals surface area (Å²) in [4.78, 5) is 0. The third kappa shape index (κ3) is 2.51. The number of hydrogen-bond donors (Lipinski definition) is 0. The average Bonchev–Trinajstić information content (AvgIpc) is 2.96. The number of fused-ring (bicyclic) bond motifs is 2. The van der Waals surface area contributed by atoms with Crippen LogP contribution < -0.4 is 0 Å². The van der Waals surface area contributed by atoms with Crippen LogP contribution in [0.3, 0.4) is 0 Å². The summed E-state index contributed by atoms with van der Waals surface area (Å²) >= 11 is 1.78. The van der Waals surface area contributed by atoms with Gasteiger partial charge in [-0.25, -0.2) is 17.2 Å². The van der Waals surface area contributed by atoms with E-state index in [1.165, 1.54) is 4.31 Å². The highest BCUT2D eigenvalue weighted by Gasteiger charge is 2.44. The van der Waals surface area contributed by atoms with Crippen molar-refractivity contribution in [2.75, 3.05) is 12.3 Å². The number of benzene rings is 1. The maximum absolute atomic E-state index is 13.5. The Kier molecular flexibility index (Phi) is 3.31. The van der Waals surface area contributed by atoms with Gasteiger partial charge in [0.15, 0.2) is 0 Å². The maximum Gasteiger partial charge on any atom is 0.218 e. The number of rotatable bonds is 3. The lowest BCUT2D eigenvalue weighted by molar-refractivity contribution is 0.408. The molecule has 1 aromatic carbocycles. The molecule has 3 nitrogen and oxygen atoms in total. The molecular weight excluding hydrogens is 292 g/mol. The molecule has 0 radical (unpaired) electrons. The Morgan fingerprint density at radius 1 is 1.37 bits per heavy atom. The quantitative estimate of drug-likeness (QED) is 0.857. The second-order valence-electron chi connectivity index (χ2n) is 4.91. The zero-order valence-electron chi connectivity index (χ0n) is 10.1. The minimum atomic E-state index is -3.57. The SMILES string of the molecule is O=S(=O)(Cc1cc(F)ccc1F)N1CC2CC1CS2. The van der Waals surface area contributed by atoms with E-state index in [1.807, 2.05) is 0 Å². The van der Waals surface area contributed by atoms with Crippen LogP contribution in [-0.4, -0.2) is 36.3 Å². The molecule has 0 amide bonds. The monoisotopic (exact) mass is 305 g/mol. The first-order valence-electron chi connectivity index (χ1n) is 6.01. The summed E-state index contributed by atoms with van der Waals surface area (Å²) in [5.74, 6) is -0.964. The van der Waals surface area contributed by atoms with Crippen LogP contribution in [-0.2, 0) is 15.8 Å². The fraction of sp³-hybridized carbons (Fsp3) is 0.500. The lowest BCUT2D eigenvalue weighted by atomic mass is 10.2. The fourth-order valence-corrected chi connectivity index (χ4v) is 6.06. The second-order valence-corrected chi connectivity index (χ2v) is 8.16. The molecule has 2 aliphatic rings. The highest BCUT2D eigenvalue weighted by molar-refractivity contribution is 8.00. The van der Waals surface area contributed by atoms with Gasteiger partial charge in [-0.05, 0) is 24.6 Å². The van der Waals surface area contributed by atoms with E-state index in [0.29, 0.717) is 11.8 Å². The first-order chi connectivity index (χ1) is 8.95. The van der Waals surface area contributed by atoms with Gasteiger partial charge in [0.1, 0.15) is 11.6 Å². The molecule has 19 heavy (non-hydrogen) atoms. The zero-order chi connectivity index (χ0) is 13.6. The van der Waals surface area contributed by atoms with E-state index in [2.05, 4.69) is 0 Å². The first-order valence-corrected chi connectivity index (χ1v) is 8.66. The highest BCUT2D eigenvalue weighted by atomic mass is 32.2. The predicted molar refractivity (Wildman–Crippen MR) is 70.3 cm³/mol. The van der Waals surface area contributed by atoms with Crippen LogP contribution in [0.25, 0.3) is 0 Å². The van der Waals surface area contributed by atoms with E-state index in [9.17, 15) is 17.2 Å². The Bertz CT molecular complexity index is 606. The molecule has 0 saturated carbocycles. The van der Waals surface area contributed by atoms with Crippen molar-refractivity contribution < 1.29 is 17.2 Å². The molecule has 0 N–H and O–H groups in total. The Morgan fingerprint density at radius 3 is 2.79 bits per heavy atom. The number of sulfonamides is 1. The van der Waals surface area contributed by atoms with Gasteiger partial charge in [0, 0.05) is 29.2 Å². The fourth-order valence-electron chi connectivity index (χ4n) is 2.64. The van der Waals surface area contributed by atoms with E-state index < -0.39 is 27.4 Å². The molecule has 2 aliphatic heterocycles. The average molecular weight is 305 g/mol. The van der Waals surface area contributed by atoms with Gasteiger partial charge in [0.2, 0.25) is 10.0 Å². The van der Waals surface area contributed by atoms with Crippen LogP contribution in [0.4, 0.5) is 8.78 Å². The summed E-state index contributed by atoms with van der Waals surface area (Å²) < 4.78 is 52.6. The molecule has 0 aromatic heterocycles. The maximum atomic E-state index is 13.5. The topological polar surface area (TPSA) is 37.4 Å². The predicted octanol–water partition coefficient (Wildman–Crippen LogP) is 1.98. The Hall–Kier alpha value is -0.660. The Labute approximate surface area is 115 Å². The van der Waals surface area contributed by atoms with Gasteiger partial charge < -0.3 is 0 Å². The van der Waals surface area contributed by atoms with Crippen molar-refractivity contribution in [1.82, 2.24) is 4.31 Å². The van der Waals surface area contributed by atoms with Gasteiger partial charge >= 0.3 is 0 Å². The van der Waals surface area contributed by atoms with Gasteiger partial charge in [-0.15, -0.1) is 0 Å². The molecule has 2 unspecified atom stereocenters. The molecular formula is C12H13F2NO2S2. The molecule has 7 heteroatoms. The van der Waals surface area contributed by atoms with E-state index in [1.54, 1.807) is 11.8 Å². The van der Waals surface area contributed by atoms with Gasteiger partial charge in [-0.3, -0.25) is 0 Å². The van der Waals surface area contributed by atoms with Crippen molar-refractivity contribution in [3.05, 3.63) is 35.4 Å². The number of thioether (sulfide) groups is 1. The molecule has 2 fully saturated rings. The zero-order valence-corrected chi connectivity index (χ0v) is 11.7. The summed E-state index contributed by atoms with van der Waals surface area (Å²) in [5, 5.41) is 0.358. The van der Waals surface area contributed by atoms with Crippen LogP contribution in [0.5, 0.6) is 0 Å². The summed E-state index contributed by atoms with van der Waals surface area (Å²) in [5.41, 5.74) is -0.101. The van der Waals surface area contributed by atoms with Crippen molar-refractivity contribution in [2.45, 2.75) is 23.5 Å². The third-order valence-corrected chi connectivity index (χ3v) is 6.78. The molecule has 3 rings (SSSR count). The summed E-state index contributed by atoms with van der Waals surface area (Å²) in [6.07, 6.45) is 0.871. The third-order valence-electron chi connectivity index (χ3n) is 3.55. The molecule has 2 saturated heterocycles.